The molecule has 0 amide bonds. The molecule has 0 saturated carbocycles. The lowest BCUT2D eigenvalue weighted by atomic mass is 10.1. The van der Waals surface area contributed by atoms with Gasteiger partial charge in [-0.3, -0.25) is 0 Å². The fourth-order valence-electron chi connectivity index (χ4n) is 1.32. The summed E-state index contributed by atoms with van der Waals surface area (Å²) in [5, 5.41) is 4.13. The first kappa shape index (κ1) is 12.5. The van der Waals surface area contributed by atoms with Crippen molar-refractivity contribution in [2.75, 3.05) is 13.1 Å². The van der Waals surface area contributed by atoms with E-state index in [0.29, 0.717) is 0 Å². The molecule has 0 heterocycles. The van der Waals surface area contributed by atoms with Crippen molar-refractivity contribution >= 4 is 11.6 Å². The summed E-state index contributed by atoms with van der Waals surface area (Å²) in [6.07, 6.45) is 2.04. The van der Waals surface area contributed by atoms with Crippen molar-refractivity contribution < 1.29 is 0 Å². The lowest BCUT2D eigenvalue weighted by Crippen LogP contribution is -2.34. The van der Waals surface area contributed by atoms with E-state index in [-0.39, 0.29) is 6.04 Å². The van der Waals surface area contributed by atoms with Crippen molar-refractivity contribution in [2.45, 2.75) is 25.8 Å². The molecule has 0 fully saturated rings. The maximum atomic E-state index is 5.80. The van der Waals surface area contributed by atoms with E-state index in [1.54, 1.807) is 0 Å². The smallest absolute Gasteiger partial charge is 0.0406 e. The summed E-state index contributed by atoms with van der Waals surface area (Å²) in [4.78, 5) is 0. The Hall–Kier alpha value is -0.570. The van der Waals surface area contributed by atoms with Gasteiger partial charge in [0.1, 0.15) is 0 Å². The molecule has 1 atom stereocenters. The van der Waals surface area contributed by atoms with Crippen LogP contribution in [0.2, 0.25) is 5.02 Å². The van der Waals surface area contributed by atoms with Crippen LogP contribution in [0.4, 0.5) is 0 Å². The Kier molecular flexibility index (Phi) is 5.69. The summed E-state index contributed by atoms with van der Waals surface area (Å²) in [7, 11) is 0. The summed E-state index contributed by atoms with van der Waals surface area (Å²) in [6, 6.07) is 8.24. The number of rotatable bonds is 6. The van der Waals surface area contributed by atoms with Crippen LogP contribution in [0, 0.1) is 0 Å². The van der Waals surface area contributed by atoms with Gasteiger partial charge in [-0.05, 0) is 37.1 Å². The number of hydrogen-bond acceptors (Lipinski definition) is 2. The maximum absolute atomic E-state index is 5.80. The van der Waals surface area contributed by atoms with Crippen LogP contribution >= 0.6 is 11.6 Å². The van der Waals surface area contributed by atoms with Gasteiger partial charge < -0.3 is 11.1 Å². The van der Waals surface area contributed by atoms with Crippen molar-refractivity contribution in [3.05, 3.63) is 34.9 Å². The fourth-order valence-corrected chi connectivity index (χ4v) is 1.44. The Morgan fingerprint density at radius 3 is 2.60 bits per heavy atom. The molecule has 0 aliphatic carbocycles. The zero-order valence-corrected chi connectivity index (χ0v) is 9.93. The summed E-state index contributed by atoms with van der Waals surface area (Å²) in [5.41, 5.74) is 7.10. The van der Waals surface area contributed by atoms with E-state index in [2.05, 4.69) is 24.4 Å². The SMILES string of the molecule is CCC(N)CNCCc1ccc(Cl)cc1. The van der Waals surface area contributed by atoms with Gasteiger partial charge in [0.2, 0.25) is 0 Å². The highest BCUT2D eigenvalue weighted by molar-refractivity contribution is 6.30. The molecule has 84 valence electrons. The van der Waals surface area contributed by atoms with E-state index < -0.39 is 0 Å². The van der Waals surface area contributed by atoms with E-state index in [1.807, 2.05) is 12.1 Å². The van der Waals surface area contributed by atoms with Crippen LogP contribution in [-0.2, 0) is 6.42 Å². The van der Waals surface area contributed by atoms with Gasteiger partial charge in [0.05, 0.1) is 0 Å². The van der Waals surface area contributed by atoms with E-state index in [0.717, 1.165) is 31.0 Å². The number of hydrogen-bond donors (Lipinski definition) is 2. The van der Waals surface area contributed by atoms with Crippen LogP contribution in [0.3, 0.4) is 0 Å². The second kappa shape index (κ2) is 6.83. The second-order valence-electron chi connectivity index (χ2n) is 3.75. The maximum Gasteiger partial charge on any atom is 0.0406 e. The average Bonchev–Trinajstić information content (AvgIpc) is 2.26. The standard InChI is InChI=1S/C12H19ClN2/c1-2-12(14)9-15-8-7-10-3-5-11(13)6-4-10/h3-6,12,15H,2,7-9,14H2,1H3. The van der Waals surface area contributed by atoms with Crippen molar-refractivity contribution in [1.29, 1.82) is 0 Å². The van der Waals surface area contributed by atoms with Gasteiger partial charge in [-0.15, -0.1) is 0 Å². The van der Waals surface area contributed by atoms with Gasteiger partial charge in [0.15, 0.2) is 0 Å². The second-order valence-corrected chi connectivity index (χ2v) is 4.19. The van der Waals surface area contributed by atoms with Crippen molar-refractivity contribution in [3.63, 3.8) is 0 Å². The van der Waals surface area contributed by atoms with Crippen LogP contribution < -0.4 is 11.1 Å². The third-order valence-electron chi connectivity index (χ3n) is 2.43. The minimum atomic E-state index is 0.273. The van der Waals surface area contributed by atoms with Gasteiger partial charge in [0, 0.05) is 17.6 Å². The Balaban J connectivity index is 2.17. The van der Waals surface area contributed by atoms with Crippen molar-refractivity contribution in [2.24, 2.45) is 5.73 Å². The lowest BCUT2D eigenvalue weighted by Gasteiger charge is -2.09. The molecule has 3 heteroatoms. The van der Waals surface area contributed by atoms with Gasteiger partial charge in [0.25, 0.3) is 0 Å². The van der Waals surface area contributed by atoms with Crippen LogP contribution in [0.25, 0.3) is 0 Å². The molecule has 1 rings (SSSR count). The molecule has 3 N–H and O–H groups in total. The highest BCUT2D eigenvalue weighted by Crippen LogP contribution is 2.09. The third-order valence-corrected chi connectivity index (χ3v) is 2.69. The first-order chi connectivity index (χ1) is 7.22. The highest BCUT2D eigenvalue weighted by atomic mass is 35.5. The van der Waals surface area contributed by atoms with Crippen LogP contribution in [0.5, 0.6) is 0 Å². The Bertz CT molecular complexity index is 271. The number of benzene rings is 1. The molecule has 15 heavy (non-hydrogen) atoms. The van der Waals surface area contributed by atoms with E-state index >= 15 is 0 Å². The molecular formula is C12H19ClN2. The Labute approximate surface area is 96.8 Å². The molecule has 1 aromatic rings. The average molecular weight is 227 g/mol. The summed E-state index contributed by atoms with van der Waals surface area (Å²) in [5.74, 6) is 0. The normalized spacial score (nSPS) is 12.7. The zero-order chi connectivity index (χ0) is 11.1. The first-order valence-corrected chi connectivity index (χ1v) is 5.81. The van der Waals surface area contributed by atoms with Gasteiger partial charge >= 0.3 is 0 Å². The molecule has 2 nitrogen and oxygen atoms in total. The molecule has 1 aromatic carbocycles. The Morgan fingerprint density at radius 2 is 2.00 bits per heavy atom. The molecule has 0 aromatic heterocycles. The van der Waals surface area contributed by atoms with Gasteiger partial charge in [-0.25, -0.2) is 0 Å². The minimum absolute atomic E-state index is 0.273. The highest BCUT2D eigenvalue weighted by Gasteiger charge is 1.97. The first-order valence-electron chi connectivity index (χ1n) is 5.43. The summed E-state index contributed by atoms with van der Waals surface area (Å²) < 4.78 is 0. The lowest BCUT2D eigenvalue weighted by molar-refractivity contribution is 0.565. The number of nitrogens with two attached hydrogens (primary N) is 1. The van der Waals surface area contributed by atoms with Gasteiger partial charge in [-0.2, -0.15) is 0 Å². The zero-order valence-electron chi connectivity index (χ0n) is 9.17. The summed E-state index contributed by atoms with van der Waals surface area (Å²) in [6.45, 7) is 3.96. The quantitative estimate of drug-likeness (QED) is 0.730. The summed E-state index contributed by atoms with van der Waals surface area (Å²) >= 11 is 5.80. The largest absolute Gasteiger partial charge is 0.327 e. The Morgan fingerprint density at radius 1 is 1.33 bits per heavy atom. The predicted molar refractivity (Wildman–Crippen MR) is 66.3 cm³/mol. The van der Waals surface area contributed by atoms with Crippen LogP contribution in [-0.4, -0.2) is 19.1 Å². The molecule has 0 aliphatic heterocycles. The fraction of sp³-hybridized carbons (Fsp3) is 0.500. The molecule has 0 radical (unpaired) electrons. The minimum Gasteiger partial charge on any atom is -0.327 e. The third kappa shape index (κ3) is 5.17. The van der Waals surface area contributed by atoms with E-state index in [1.165, 1.54) is 5.56 Å². The topological polar surface area (TPSA) is 38.0 Å². The van der Waals surface area contributed by atoms with Crippen molar-refractivity contribution in [3.8, 4) is 0 Å². The monoisotopic (exact) mass is 226 g/mol. The molecule has 0 aliphatic rings. The molecule has 0 saturated heterocycles. The number of halogens is 1. The van der Waals surface area contributed by atoms with Crippen molar-refractivity contribution in [1.82, 2.24) is 5.32 Å². The molecule has 1 unspecified atom stereocenters. The van der Waals surface area contributed by atoms with Crippen LogP contribution in [0.1, 0.15) is 18.9 Å². The van der Waals surface area contributed by atoms with E-state index in [4.69, 9.17) is 17.3 Å². The molecule has 0 bridgehead atoms. The molecular weight excluding hydrogens is 208 g/mol. The van der Waals surface area contributed by atoms with E-state index in [9.17, 15) is 0 Å². The van der Waals surface area contributed by atoms with Gasteiger partial charge in [-0.1, -0.05) is 30.7 Å². The van der Waals surface area contributed by atoms with Crippen LogP contribution in [0.15, 0.2) is 24.3 Å². The predicted octanol–water partition coefficient (Wildman–Crippen LogP) is 2.21. The number of nitrogens with one attached hydrogen (secondary N) is 1. The molecule has 0 spiro atoms.